The Bertz CT molecular complexity index is 616. The lowest BCUT2D eigenvalue weighted by Crippen LogP contribution is -2.53. The molecule has 0 aromatic heterocycles. The maximum Gasteiger partial charge on any atom is 0.418 e. The molecule has 0 radical (unpaired) electrons. The smallest absolute Gasteiger partial charge is 0.347 e. The van der Waals surface area contributed by atoms with E-state index in [0.717, 1.165) is 0 Å². The van der Waals surface area contributed by atoms with Gasteiger partial charge in [-0.25, -0.2) is 9.18 Å². The third-order valence-corrected chi connectivity index (χ3v) is 4.62. The van der Waals surface area contributed by atoms with Crippen molar-refractivity contribution in [2.45, 2.75) is 37.1 Å². The molecule has 0 saturated carbocycles. The molecular weight excluding hydrogens is 335 g/mol. The van der Waals surface area contributed by atoms with Crippen LogP contribution in [0.2, 0.25) is 0 Å². The van der Waals surface area contributed by atoms with E-state index < -0.39 is 46.6 Å². The van der Waals surface area contributed by atoms with Crippen LogP contribution >= 0.6 is 0 Å². The Balaban J connectivity index is 1.67. The van der Waals surface area contributed by atoms with Crippen LogP contribution in [0, 0.1) is 0 Å². The zero-order chi connectivity index (χ0) is 16.8. The van der Waals surface area contributed by atoms with E-state index in [2.05, 4.69) is 14.9 Å². The molecule has 3 aliphatic rings. The Morgan fingerprint density at radius 1 is 1.39 bits per heavy atom. The van der Waals surface area contributed by atoms with E-state index in [1.807, 2.05) is 0 Å². The van der Waals surface area contributed by atoms with E-state index in [-0.39, 0.29) is 13.1 Å². The summed E-state index contributed by atoms with van der Waals surface area (Å²) in [5.41, 5.74) is 0. The lowest BCUT2D eigenvalue weighted by molar-refractivity contribution is -0.127. The summed E-state index contributed by atoms with van der Waals surface area (Å²) in [6, 6.07) is -2.84. The molecular formula is C11H17FN4O6S. The highest BCUT2D eigenvalue weighted by atomic mass is 32.3. The van der Waals surface area contributed by atoms with Crippen molar-refractivity contribution in [3.8, 4) is 0 Å². The van der Waals surface area contributed by atoms with Crippen molar-refractivity contribution < 1.29 is 31.2 Å². The van der Waals surface area contributed by atoms with Gasteiger partial charge in [0.05, 0.1) is 12.1 Å². The van der Waals surface area contributed by atoms with Crippen molar-refractivity contribution in [2.75, 3.05) is 19.6 Å². The molecule has 0 aromatic carbocycles. The normalized spacial score (nSPS) is 34.1. The molecule has 0 spiro atoms. The summed E-state index contributed by atoms with van der Waals surface area (Å²) in [6.07, 6.45) is -0.563. The van der Waals surface area contributed by atoms with Crippen LogP contribution < -0.4 is 10.6 Å². The quantitative estimate of drug-likeness (QED) is 0.521. The van der Waals surface area contributed by atoms with Gasteiger partial charge < -0.3 is 15.5 Å². The van der Waals surface area contributed by atoms with Gasteiger partial charge in [0.1, 0.15) is 12.2 Å². The third kappa shape index (κ3) is 3.24. The molecule has 3 rings (SSSR count). The first-order valence-electron chi connectivity index (χ1n) is 7.18. The first kappa shape index (κ1) is 16.4. The number of rotatable bonds is 4. The van der Waals surface area contributed by atoms with Crippen LogP contribution in [-0.2, 0) is 19.5 Å². The van der Waals surface area contributed by atoms with Crippen molar-refractivity contribution >= 4 is 22.3 Å². The molecule has 23 heavy (non-hydrogen) atoms. The second kappa shape index (κ2) is 5.85. The fourth-order valence-corrected chi connectivity index (χ4v) is 3.56. The summed E-state index contributed by atoms with van der Waals surface area (Å²) in [6.45, 7) is 0.582. The molecule has 3 saturated heterocycles. The number of halogens is 1. The largest absolute Gasteiger partial charge is 0.418 e. The number of amides is 3. The van der Waals surface area contributed by atoms with Gasteiger partial charge in [0.15, 0.2) is 0 Å². The number of nitrogens with zero attached hydrogens (tertiary/aromatic N) is 2. The van der Waals surface area contributed by atoms with Crippen molar-refractivity contribution in [3.63, 3.8) is 0 Å². The van der Waals surface area contributed by atoms with Crippen LogP contribution in [-0.4, -0.2) is 78.8 Å². The number of fused-ring (bicyclic) bond motifs is 2. The Hall–Kier alpha value is -1.50. The predicted molar refractivity (Wildman–Crippen MR) is 73.1 cm³/mol. The molecule has 130 valence electrons. The molecule has 3 heterocycles. The van der Waals surface area contributed by atoms with Crippen molar-refractivity contribution in [1.29, 1.82) is 0 Å². The van der Waals surface area contributed by atoms with E-state index in [0.29, 0.717) is 24.4 Å². The molecule has 3 N–H and O–H groups in total. The molecule has 4 atom stereocenters. The number of hydrogen-bond donors (Lipinski definition) is 3. The number of carbonyl (C=O) groups is 2. The molecule has 0 aliphatic carbocycles. The third-order valence-electron chi connectivity index (χ3n) is 4.27. The standard InChI is InChI=1S/C11H17FN4O6S/c12-7-3-13-4-8(7)14-10(17)9-2-1-6-5-15(9)11(18)16(6)22-23(19,20)21/h6-9,13H,1-5H2,(H,14,17)(H,19,20,21)/t6?,7-,8+,9?/m0/s1. The lowest BCUT2D eigenvalue weighted by atomic mass is 10.00. The number of nitrogens with one attached hydrogen (secondary N) is 2. The van der Waals surface area contributed by atoms with Crippen molar-refractivity contribution in [2.24, 2.45) is 0 Å². The fraction of sp³-hybridized carbons (Fsp3) is 0.818. The highest BCUT2D eigenvalue weighted by Crippen LogP contribution is 2.30. The molecule has 3 fully saturated rings. The van der Waals surface area contributed by atoms with Gasteiger partial charge in [-0.15, -0.1) is 4.28 Å². The second-order valence-corrected chi connectivity index (χ2v) is 6.80. The minimum absolute atomic E-state index is 0.106. The molecule has 3 aliphatic heterocycles. The molecule has 3 amide bonds. The van der Waals surface area contributed by atoms with E-state index in [9.17, 15) is 22.4 Å². The van der Waals surface area contributed by atoms with Crippen LogP contribution in [0.4, 0.5) is 9.18 Å². The van der Waals surface area contributed by atoms with E-state index in [1.54, 1.807) is 0 Å². The first-order chi connectivity index (χ1) is 10.8. The Morgan fingerprint density at radius 3 is 2.74 bits per heavy atom. The van der Waals surface area contributed by atoms with Gasteiger partial charge in [-0.1, -0.05) is 0 Å². The van der Waals surface area contributed by atoms with Gasteiger partial charge in [0.25, 0.3) is 0 Å². The minimum Gasteiger partial charge on any atom is -0.347 e. The fourth-order valence-electron chi connectivity index (χ4n) is 3.17. The summed E-state index contributed by atoms with van der Waals surface area (Å²) in [4.78, 5) is 25.6. The van der Waals surface area contributed by atoms with Gasteiger partial charge >= 0.3 is 16.4 Å². The van der Waals surface area contributed by atoms with E-state index in [4.69, 9.17) is 4.55 Å². The number of hydrogen-bond acceptors (Lipinski definition) is 6. The predicted octanol–water partition coefficient (Wildman–Crippen LogP) is -1.58. The summed E-state index contributed by atoms with van der Waals surface area (Å²) in [7, 11) is -4.82. The van der Waals surface area contributed by atoms with Crippen molar-refractivity contribution in [3.05, 3.63) is 0 Å². The van der Waals surface area contributed by atoms with Crippen LogP contribution in [0.25, 0.3) is 0 Å². The molecule has 2 unspecified atom stereocenters. The van der Waals surface area contributed by atoms with Crippen LogP contribution in [0.5, 0.6) is 0 Å². The number of carbonyl (C=O) groups excluding carboxylic acids is 2. The van der Waals surface area contributed by atoms with E-state index >= 15 is 0 Å². The van der Waals surface area contributed by atoms with Crippen molar-refractivity contribution in [1.82, 2.24) is 20.6 Å². The highest BCUT2D eigenvalue weighted by Gasteiger charge is 2.49. The maximum atomic E-state index is 13.5. The van der Waals surface area contributed by atoms with Crippen LogP contribution in [0.3, 0.4) is 0 Å². The summed E-state index contributed by atoms with van der Waals surface area (Å²) < 4.78 is 48.1. The van der Waals surface area contributed by atoms with Gasteiger partial charge in [0, 0.05) is 19.6 Å². The first-order valence-corrected chi connectivity index (χ1v) is 8.55. The average Bonchev–Trinajstić information content (AvgIpc) is 2.96. The Labute approximate surface area is 131 Å². The van der Waals surface area contributed by atoms with Gasteiger partial charge in [0.2, 0.25) is 5.91 Å². The van der Waals surface area contributed by atoms with Crippen LogP contribution in [0.15, 0.2) is 0 Å². The molecule has 0 aromatic rings. The SMILES string of the molecule is O=C(N[C@@H]1CNC[C@@H]1F)C1CCC2CN1C(=O)N2OS(=O)(=O)O. The van der Waals surface area contributed by atoms with Crippen LogP contribution in [0.1, 0.15) is 12.8 Å². The molecule has 12 heteroatoms. The average molecular weight is 352 g/mol. The Morgan fingerprint density at radius 2 is 2.13 bits per heavy atom. The summed E-state index contributed by atoms with van der Waals surface area (Å²) in [5.74, 6) is -0.484. The number of piperidine rings is 1. The number of urea groups is 1. The van der Waals surface area contributed by atoms with Gasteiger partial charge in [-0.2, -0.15) is 13.5 Å². The summed E-state index contributed by atoms with van der Waals surface area (Å²) >= 11 is 0. The summed E-state index contributed by atoms with van der Waals surface area (Å²) in [5, 5.41) is 5.95. The maximum absolute atomic E-state index is 13.5. The number of alkyl halides is 1. The van der Waals surface area contributed by atoms with Gasteiger partial charge in [-0.3, -0.25) is 9.35 Å². The lowest BCUT2D eigenvalue weighted by Gasteiger charge is -2.30. The zero-order valence-electron chi connectivity index (χ0n) is 12.0. The monoisotopic (exact) mass is 352 g/mol. The topological polar surface area (TPSA) is 128 Å². The molecule has 2 bridgehead atoms. The zero-order valence-corrected chi connectivity index (χ0v) is 12.8. The number of hydroxylamine groups is 2. The minimum atomic E-state index is -4.82. The molecule has 10 nitrogen and oxygen atoms in total. The Kier molecular flexibility index (Phi) is 4.16. The van der Waals surface area contributed by atoms with E-state index in [1.165, 1.54) is 4.90 Å². The highest BCUT2D eigenvalue weighted by molar-refractivity contribution is 7.80. The van der Waals surface area contributed by atoms with Gasteiger partial charge in [-0.05, 0) is 12.8 Å². The second-order valence-electron chi connectivity index (χ2n) is 5.80.